The Morgan fingerprint density at radius 1 is 0.315 bits per heavy atom. The number of nitrogens with zero attached hydrogens (tertiary/aromatic N) is 2. The van der Waals surface area contributed by atoms with Gasteiger partial charge in [0.2, 0.25) is 5.89 Å². The molecule has 0 saturated heterocycles. The normalized spacial score (nSPS) is 11.7. The van der Waals surface area contributed by atoms with Crippen LogP contribution in [-0.2, 0) is 0 Å². The number of rotatable bonds is 6. The molecule has 0 unspecified atom stereocenters. The van der Waals surface area contributed by atoms with Gasteiger partial charge in [0.15, 0.2) is 5.58 Å². The minimum atomic E-state index is 0.599. The van der Waals surface area contributed by atoms with E-state index in [0.29, 0.717) is 5.89 Å². The summed E-state index contributed by atoms with van der Waals surface area (Å²) in [7, 11) is 0. The Balaban J connectivity index is 0.979. The largest absolute Gasteiger partial charge is 0.456 e. The van der Waals surface area contributed by atoms with Crippen LogP contribution in [0.1, 0.15) is 0 Å². The Kier molecular flexibility index (Phi) is 6.79. The molecule has 0 aliphatic rings. The number of benzene rings is 8. The lowest BCUT2D eigenvalue weighted by Crippen LogP contribution is -2.09. The van der Waals surface area contributed by atoms with Gasteiger partial charge in [-0.05, 0) is 95.1 Å². The van der Waals surface area contributed by atoms with E-state index < -0.39 is 0 Å². The van der Waals surface area contributed by atoms with E-state index >= 15 is 0 Å². The van der Waals surface area contributed by atoms with E-state index in [0.717, 1.165) is 88.7 Å². The smallest absolute Gasteiger partial charge is 0.227 e. The van der Waals surface area contributed by atoms with Gasteiger partial charge in [0, 0.05) is 56.3 Å². The molecule has 0 amide bonds. The molecule has 254 valence electrons. The van der Waals surface area contributed by atoms with Crippen molar-refractivity contribution in [3.8, 4) is 33.7 Å². The standard InChI is InChI=1S/C49H30N2O3/c1-3-9-31(10-4-1)32-15-20-36(21-16-32)51(38-24-25-40-39-13-7-8-14-44(39)52-46(40)28-38)37-22-17-33(18-23-37)35-19-26-45-41(27-35)42-29-48-43(30-47(42)53-45)50-49(54-48)34-11-5-2-6-12-34/h1-30H. The molecule has 0 spiro atoms. The summed E-state index contributed by atoms with van der Waals surface area (Å²) in [6.45, 7) is 0. The van der Waals surface area contributed by atoms with E-state index in [-0.39, 0.29) is 0 Å². The Labute approximate surface area is 309 Å². The number of hydrogen-bond acceptors (Lipinski definition) is 5. The van der Waals surface area contributed by atoms with Crippen molar-refractivity contribution in [2.45, 2.75) is 0 Å². The highest BCUT2D eigenvalue weighted by Gasteiger charge is 2.18. The molecule has 54 heavy (non-hydrogen) atoms. The minimum Gasteiger partial charge on any atom is -0.456 e. The molecule has 0 bridgehead atoms. The van der Waals surface area contributed by atoms with E-state index in [4.69, 9.17) is 18.2 Å². The molecule has 0 N–H and O–H groups in total. The predicted octanol–water partition coefficient (Wildman–Crippen LogP) is 14.1. The molecule has 3 aromatic heterocycles. The number of furan rings is 2. The Hall–Kier alpha value is -7.37. The molecule has 0 fully saturated rings. The maximum Gasteiger partial charge on any atom is 0.227 e. The Morgan fingerprint density at radius 3 is 1.59 bits per heavy atom. The van der Waals surface area contributed by atoms with Gasteiger partial charge < -0.3 is 18.2 Å². The van der Waals surface area contributed by atoms with Crippen LogP contribution < -0.4 is 4.90 Å². The fraction of sp³-hybridized carbons (Fsp3) is 0. The summed E-state index contributed by atoms with van der Waals surface area (Å²) >= 11 is 0. The quantitative estimate of drug-likeness (QED) is 0.173. The molecular formula is C49H30N2O3. The molecule has 0 saturated carbocycles. The molecule has 5 nitrogen and oxygen atoms in total. The van der Waals surface area contributed by atoms with Crippen LogP contribution in [-0.4, -0.2) is 4.98 Å². The van der Waals surface area contributed by atoms with Crippen LogP contribution in [0.15, 0.2) is 195 Å². The maximum atomic E-state index is 6.33. The van der Waals surface area contributed by atoms with Gasteiger partial charge in [0.1, 0.15) is 27.8 Å². The summed E-state index contributed by atoms with van der Waals surface area (Å²) in [5.74, 6) is 0.599. The minimum absolute atomic E-state index is 0.599. The van der Waals surface area contributed by atoms with Crippen LogP contribution >= 0.6 is 0 Å². The van der Waals surface area contributed by atoms with Crippen LogP contribution in [0.3, 0.4) is 0 Å². The summed E-state index contributed by atoms with van der Waals surface area (Å²) in [5, 5.41) is 4.25. The zero-order valence-corrected chi connectivity index (χ0v) is 28.9. The van der Waals surface area contributed by atoms with Gasteiger partial charge in [0.25, 0.3) is 0 Å². The monoisotopic (exact) mass is 694 g/mol. The van der Waals surface area contributed by atoms with Crippen molar-refractivity contribution >= 4 is 72.0 Å². The molecular weight excluding hydrogens is 665 g/mol. The van der Waals surface area contributed by atoms with Crippen molar-refractivity contribution < 1.29 is 13.3 Å². The molecule has 0 aliphatic carbocycles. The number of oxazole rings is 1. The maximum absolute atomic E-state index is 6.33. The zero-order valence-electron chi connectivity index (χ0n) is 28.9. The highest BCUT2D eigenvalue weighted by atomic mass is 16.4. The molecule has 8 aromatic carbocycles. The van der Waals surface area contributed by atoms with Crippen molar-refractivity contribution in [3.05, 3.63) is 182 Å². The van der Waals surface area contributed by atoms with Crippen LogP contribution in [0.2, 0.25) is 0 Å². The molecule has 11 aromatic rings. The van der Waals surface area contributed by atoms with Crippen LogP contribution in [0, 0.1) is 0 Å². The first-order chi connectivity index (χ1) is 26.7. The highest BCUT2D eigenvalue weighted by Crippen LogP contribution is 2.41. The molecule has 3 heterocycles. The molecule has 0 aliphatic heterocycles. The van der Waals surface area contributed by atoms with E-state index in [1.54, 1.807) is 0 Å². The van der Waals surface area contributed by atoms with E-state index in [2.05, 4.69) is 120 Å². The number of hydrogen-bond donors (Lipinski definition) is 0. The number of aromatic nitrogens is 1. The summed E-state index contributed by atoms with van der Waals surface area (Å²) in [4.78, 5) is 7.02. The second kappa shape index (κ2) is 12.1. The third-order valence-electron chi connectivity index (χ3n) is 10.3. The lowest BCUT2D eigenvalue weighted by molar-refractivity contribution is 0.620. The van der Waals surface area contributed by atoms with Gasteiger partial charge in [-0.25, -0.2) is 4.98 Å². The summed E-state index contributed by atoms with van der Waals surface area (Å²) in [6, 6.07) is 63.0. The second-order valence-corrected chi connectivity index (χ2v) is 13.6. The van der Waals surface area contributed by atoms with Crippen molar-refractivity contribution in [2.24, 2.45) is 0 Å². The Bertz CT molecular complexity index is 3140. The lowest BCUT2D eigenvalue weighted by Gasteiger charge is -2.26. The van der Waals surface area contributed by atoms with Crippen LogP contribution in [0.25, 0.3) is 88.7 Å². The van der Waals surface area contributed by atoms with Gasteiger partial charge in [-0.2, -0.15) is 0 Å². The van der Waals surface area contributed by atoms with Gasteiger partial charge >= 0.3 is 0 Å². The fourth-order valence-corrected chi connectivity index (χ4v) is 7.62. The third-order valence-corrected chi connectivity index (χ3v) is 10.3. The highest BCUT2D eigenvalue weighted by molar-refractivity contribution is 6.10. The number of fused-ring (bicyclic) bond motifs is 7. The van der Waals surface area contributed by atoms with Crippen molar-refractivity contribution in [2.75, 3.05) is 4.90 Å². The average Bonchev–Trinajstić information content (AvgIpc) is 3.93. The first-order valence-electron chi connectivity index (χ1n) is 18.0. The van der Waals surface area contributed by atoms with Gasteiger partial charge in [-0.15, -0.1) is 0 Å². The first kappa shape index (κ1) is 30.3. The topological polar surface area (TPSA) is 55.6 Å². The summed E-state index contributed by atoms with van der Waals surface area (Å²) in [5.41, 5.74) is 13.5. The predicted molar refractivity (Wildman–Crippen MR) is 220 cm³/mol. The fourth-order valence-electron chi connectivity index (χ4n) is 7.62. The van der Waals surface area contributed by atoms with E-state index in [1.165, 1.54) is 11.1 Å². The van der Waals surface area contributed by atoms with Crippen molar-refractivity contribution in [1.82, 2.24) is 4.98 Å². The van der Waals surface area contributed by atoms with E-state index in [1.807, 2.05) is 66.7 Å². The molecule has 5 heteroatoms. The average molecular weight is 695 g/mol. The lowest BCUT2D eigenvalue weighted by atomic mass is 10.0. The van der Waals surface area contributed by atoms with Crippen molar-refractivity contribution in [3.63, 3.8) is 0 Å². The SMILES string of the molecule is c1ccc(-c2ccc(N(c3ccc(-c4ccc5oc6cc7nc(-c8ccccc8)oc7cc6c5c4)cc3)c3ccc4c(c3)oc3ccccc34)cc2)cc1. The zero-order chi connectivity index (χ0) is 35.6. The molecule has 0 radical (unpaired) electrons. The molecule has 11 rings (SSSR count). The van der Waals surface area contributed by atoms with Crippen molar-refractivity contribution in [1.29, 1.82) is 0 Å². The molecule has 0 atom stereocenters. The number of anilines is 3. The summed E-state index contributed by atoms with van der Waals surface area (Å²) in [6.07, 6.45) is 0. The summed E-state index contributed by atoms with van der Waals surface area (Å²) < 4.78 is 18.8. The van der Waals surface area contributed by atoms with Crippen LogP contribution in [0.4, 0.5) is 17.1 Å². The van der Waals surface area contributed by atoms with Gasteiger partial charge in [-0.1, -0.05) is 97.1 Å². The van der Waals surface area contributed by atoms with Gasteiger partial charge in [-0.3, -0.25) is 0 Å². The van der Waals surface area contributed by atoms with Gasteiger partial charge in [0.05, 0.1) is 0 Å². The van der Waals surface area contributed by atoms with E-state index in [9.17, 15) is 0 Å². The Morgan fingerprint density at radius 2 is 0.852 bits per heavy atom. The number of para-hydroxylation sites is 1. The second-order valence-electron chi connectivity index (χ2n) is 13.6. The van der Waals surface area contributed by atoms with Crippen LogP contribution in [0.5, 0.6) is 0 Å². The first-order valence-corrected chi connectivity index (χ1v) is 18.0. The third kappa shape index (κ3) is 5.06.